The molecule has 2 N–H and O–H groups in total. The molecule has 0 radical (unpaired) electrons. The summed E-state index contributed by atoms with van der Waals surface area (Å²) in [5.74, 6) is 0.633. The summed E-state index contributed by atoms with van der Waals surface area (Å²) in [6.45, 7) is 4.24. The lowest BCUT2D eigenvalue weighted by Crippen LogP contribution is -2.33. The second kappa shape index (κ2) is 5.27. The Kier molecular flexibility index (Phi) is 3.73. The van der Waals surface area contributed by atoms with E-state index in [4.69, 9.17) is 5.73 Å². The number of hydrogen-bond donors (Lipinski definition) is 1. The van der Waals surface area contributed by atoms with Crippen molar-refractivity contribution < 1.29 is 4.79 Å². The number of rotatable bonds is 4. The standard InChI is InChI=1S/C11H19N5O/c1-9(12)10-2-5-15(8-10)11(17)3-6-16-7-4-13-14-16/h4,7,9-10H,2-3,5-6,8,12H2,1H3. The molecule has 6 heteroatoms. The Balaban J connectivity index is 1.77. The minimum Gasteiger partial charge on any atom is -0.342 e. The molecule has 0 spiro atoms. The topological polar surface area (TPSA) is 77.0 Å². The van der Waals surface area contributed by atoms with Gasteiger partial charge < -0.3 is 10.6 Å². The lowest BCUT2D eigenvalue weighted by Gasteiger charge is -2.18. The molecule has 0 aliphatic carbocycles. The molecule has 0 bridgehead atoms. The third-order valence-corrected chi connectivity index (χ3v) is 3.35. The number of carbonyl (C=O) groups excluding carboxylic acids is 1. The van der Waals surface area contributed by atoms with Crippen LogP contribution in [0.5, 0.6) is 0 Å². The number of hydrogen-bond acceptors (Lipinski definition) is 4. The summed E-state index contributed by atoms with van der Waals surface area (Å²) in [6.07, 6.45) is 4.89. The van der Waals surface area contributed by atoms with Crippen molar-refractivity contribution in [3.63, 3.8) is 0 Å². The molecule has 1 aliphatic rings. The maximum absolute atomic E-state index is 11.9. The maximum atomic E-state index is 11.9. The Morgan fingerprint density at radius 3 is 3.06 bits per heavy atom. The highest BCUT2D eigenvalue weighted by Crippen LogP contribution is 2.19. The summed E-state index contributed by atoms with van der Waals surface area (Å²) < 4.78 is 1.68. The Labute approximate surface area is 101 Å². The largest absolute Gasteiger partial charge is 0.342 e. The van der Waals surface area contributed by atoms with Crippen molar-refractivity contribution in [1.82, 2.24) is 19.9 Å². The summed E-state index contributed by atoms with van der Waals surface area (Å²) in [5.41, 5.74) is 5.85. The van der Waals surface area contributed by atoms with E-state index in [9.17, 15) is 4.79 Å². The molecule has 2 unspecified atom stereocenters. The highest BCUT2D eigenvalue weighted by Gasteiger charge is 2.27. The molecule has 17 heavy (non-hydrogen) atoms. The molecule has 1 fully saturated rings. The van der Waals surface area contributed by atoms with Crippen LogP contribution in [-0.2, 0) is 11.3 Å². The second-order valence-electron chi connectivity index (χ2n) is 4.66. The molecule has 1 aromatic rings. The molecule has 6 nitrogen and oxygen atoms in total. The molecular weight excluding hydrogens is 218 g/mol. The molecule has 94 valence electrons. The SMILES string of the molecule is CC(N)C1CCN(C(=O)CCn2ccnn2)C1. The fourth-order valence-corrected chi connectivity index (χ4v) is 2.16. The summed E-state index contributed by atoms with van der Waals surface area (Å²) in [4.78, 5) is 13.8. The first-order valence-corrected chi connectivity index (χ1v) is 6.04. The van der Waals surface area contributed by atoms with Crippen LogP contribution in [0.25, 0.3) is 0 Å². The summed E-state index contributed by atoms with van der Waals surface area (Å²) in [7, 11) is 0. The van der Waals surface area contributed by atoms with Crippen LogP contribution in [0.15, 0.2) is 12.4 Å². The maximum Gasteiger partial charge on any atom is 0.224 e. The summed E-state index contributed by atoms with van der Waals surface area (Å²) in [5, 5.41) is 7.54. The molecule has 2 rings (SSSR count). The predicted molar refractivity (Wildman–Crippen MR) is 63.0 cm³/mol. The van der Waals surface area contributed by atoms with Crippen LogP contribution in [0.1, 0.15) is 19.8 Å². The lowest BCUT2D eigenvalue weighted by molar-refractivity contribution is -0.130. The minimum atomic E-state index is 0.170. The molecular formula is C11H19N5O. The average molecular weight is 237 g/mol. The van der Waals surface area contributed by atoms with Gasteiger partial charge in [-0.2, -0.15) is 0 Å². The monoisotopic (exact) mass is 237 g/mol. The zero-order valence-electron chi connectivity index (χ0n) is 10.1. The van der Waals surface area contributed by atoms with Gasteiger partial charge in [0, 0.05) is 31.7 Å². The van der Waals surface area contributed by atoms with Gasteiger partial charge in [-0.1, -0.05) is 5.21 Å². The number of likely N-dealkylation sites (tertiary alicyclic amines) is 1. The van der Waals surface area contributed by atoms with Crippen molar-refractivity contribution in [1.29, 1.82) is 0 Å². The second-order valence-corrected chi connectivity index (χ2v) is 4.66. The molecule has 1 saturated heterocycles. The van der Waals surface area contributed by atoms with Gasteiger partial charge in [0.05, 0.1) is 12.7 Å². The Morgan fingerprint density at radius 1 is 1.65 bits per heavy atom. The zero-order valence-corrected chi connectivity index (χ0v) is 10.1. The molecule has 2 atom stereocenters. The van der Waals surface area contributed by atoms with Gasteiger partial charge in [0.1, 0.15) is 0 Å². The van der Waals surface area contributed by atoms with Crippen LogP contribution in [0.4, 0.5) is 0 Å². The van der Waals surface area contributed by atoms with Crippen molar-refractivity contribution in [3.05, 3.63) is 12.4 Å². The van der Waals surface area contributed by atoms with Gasteiger partial charge in [-0.25, -0.2) is 0 Å². The number of aromatic nitrogens is 3. The third kappa shape index (κ3) is 3.03. The zero-order chi connectivity index (χ0) is 12.3. The van der Waals surface area contributed by atoms with Gasteiger partial charge in [0.25, 0.3) is 0 Å². The van der Waals surface area contributed by atoms with Crippen molar-refractivity contribution in [2.45, 2.75) is 32.4 Å². The fourth-order valence-electron chi connectivity index (χ4n) is 2.16. The molecule has 1 aromatic heterocycles. The van der Waals surface area contributed by atoms with E-state index < -0.39 is 0 Å². The number of nitrogens with zero attached hydrogens (tertiary/aromatic N) is 4. The van der Waals surface area contributed by atoms with Crippen LogP contribution in [0, 0.1) is 5.92 Å². The number of amides is 1. The quantitative estimate of drug-likeness (QED) is 0.791. The Bertz CT molecular complexity index is 362. The summed E-state index contributed by atoms with van der Waals surface area (Å²) in [6, 6.07) is 0.170. The molecule has 2 heterocycles. The van der Waals surface area contributed by atoms with E-state index in [0.717, 1.165) is 19.5 Å². The normalized spacial score (nSPS) is 21.8. The van der Waals surface area contributed by atoms with E-state index in [1.807, 2.05) is 11.8 Å². The van der Waals surface area contributed by atoms with Crippen LogP contribution < -0.4 is 5.73 Å². The Morgan fingerprint density at radius 2 is 2.47 bits per heavy atom. The fraction of sp³-hybridized carbons (Fsp3) is 0.727. The van der Waals surface area contributed by atoms with Gasteiger partial charge in [-0.3, -0.25) is 9.48 Å². The first-order chi connectivity index (χ1) is 8.16. The number of carbonyl (C=O) groups is 1. The van der Waals surface area contributed by atoms with E-state index in [2.05, 4.69) is 10.3 Å². The minimum absolute atomic E-state index is 0.170. The van der Waals surface area contributed by atoms with Crippen LogP contribution >= 0.6 is 0 Å². The first kappa shape index (κ1) is 12.0. The highest BCUT2D eigenvalue weighted by molar-refractivity contribution is 5.76. The molecule has 0 aromatic carbocycles. The van der Waals surface area contributed by atoms with Gasteiger partial charge in [-0.15, -0.1) is 5.10 Å². The van der Waals surface area contributed by atoms with Gasteiger partial charge in [0.2, 0.25) is 5.91 Å². The number of aryl methyl sites for hydroxylation is 1. The predicted octanol–water partition coefficient (Wildman–Crippen LogP) is -0.136. The van der Waals surface area contributed by atoms with Crippen LogP contribution in [0.2, 0.25) is 0 Å². The van der Waals surface area contributed by atoms with Gasteiger partial charge >= 0.3 is 0 Å². The van der Waals surface area contributed by atoms with E-state index >= 15 is 0 Å². The summed E-state index contributed by atoms with van der Waals surface area (Å²) >= 11 is 0. The Hall–Kier alpha value is -1.43. The van der Waals surface area contributed by atoms with Gasteiger partial charge in [-0.05, 0) is 19.3 Å². The van der Waals surface area contributed by atoms with Crippen LogP contribution in [0.3, 0.4) is 0 Å². The highest BCUT2D eigenvalue weighted by atomic mass is 16.2. The lowest BCUT2D eigenvalue weighted by atomic mass is 10.0. The van der Waals surface area contributed by atoms with E-state index in [1.54, 1.807) is 17.1 Å². The van der Waals surface area contributed by atoms with Crippen LogP contribution in [-0.4, -0.2) is 44.9 Å². The molecule has 1 aliphatic heterocycles. The van der Waals surface area contributed by atoms with Crippen molar-refractivity contribution >= 4 is 5.91 Å². The van der Waals surface area contributed by atoms with Crippen molar-refractivity contribution in [3.8, 4) is 0 Å². The van der Waals surface area contributed by atoms with E-state index in [1.165, 1.54) is 0 Å². The molecule has 0 saturated carbocycles. The number of nitrogens with two attached hydrogens (primary N) is 1. The smallest absolute Gasteiger partial charge is 0.224 e. The van der Waals surface area contributed by atoms with E-state index in [-0.39, 0.29) is 11.9 Å². The van der Waals surface area contributed by atoms with Crippen molar-refractivity contribution in [2.24, 2.45) is 11.7 Å². The third-order valence-electron chi connectivity index (χ3n) is 3.35. The van der Waals surface area contributed by atoms with Crippen molar-refractivity contribution in [2.75, 3.05) is 13.1 Å². The first-order valence-electron chi connectivity index (χ1n) is 6.04. The van der Waals surface area contributed by atoms with Gasteiger partial charge in [0.15, 0.2) is 0 Å². The average Bonchev–Trinajstić information content (AvgIpc) is 2.96. The molecule has 1 amide bonds. The van der Waals surface area contributed by atoms with E-state index in [0.29, 0.717) is 18.9 Å².